The summed E-state index contributed by atoms with van der Waals surface area (Å²) in [6, 6.07) is 6.42. The Morgan fingerprint density at radius 3 is 2.29 bits per heavy atom. The molecule has 0 radical (unpaired) electrons. The summed E-state index contributed by atoms with van der Waals surface area (Å²) in [5, 5.41) is 9.76. The molecule has 0 aliphatic carbocycles. The van der Waals surface area contributed by atoms with Crippen molar-refractivity contribution in [3.63, 3.8) is 0 Å². The fourth-order valence-corrected chi connectivity index (χ4v) is 4.52. The van der Waals surface area contributed by atoms with E-state index in [-0.39, 0.29) is 17.5 Å². The van der Waals surface area contributed by atoms with Gasteiger partial charge in [-0.2, -0.15) is 4.31 Å². The Hall–Kier alpha value is -1.11. The number of rotatable bonds is 4. The Bertz CT molecular complexity index is 593. The van der Waals surface area contributed by atoms with Crippen molar-refractivity contribution in [3.05, 3.63) is 24.3 Å². The molecular formula is C15H23NO4S. The molecule has 6 heteroatoms. The molecule has 1 saturated heterocycles. The van der Waals surface area contributed by atoms with Gasteiger partial charge in [0, 0.05) is 12.1 Å². The smallest absolute Gasteiger partial charge is 0.243 e. The molecule has 0 unspecified atom stereocenters. The number of hydrogen-bond donors (Lipinski definition) is 1. The maximum absolute atomic E-state index is 12.7. The zero-order chi connectivity index (χ0) is 15.8. The van der Waals surface area contributed by atoms with Crippen LogP contribution in [0.4, 0.5) is 0 Å². The van der Waals surface area contributed by atoms with Crippen molar-refractivity contribution < 1.29 is 18.3 Å². The van der Waals surface area contributed by atoms with Gasteiger partial charge in [-0.05, 0) is 58.4 Å². The fourth-order valence-electron chi connectivity index (χ4n) is 2.69. The molecule has 118 valence electrons. The van der Waals surface area contributed by atoms with Crippen LogP contribution in [0.5, 0.6) is 5.75 Å². The number of aliphatic hydroxyl groups excluding tert-OH is 1. The molecule has 1 heterocycles. The third-order valence-corrected chi connectivity index (χ3v) is 5.66. The van der Waals surface area contributed by atoms with Gasteiger partial charge in [0.25, 0.3) is 0 Å². The Morgan fingerprint density at radius 1 is 1.29 bits per heavy atom. The highest BCUT2D eigenvalue weighted by Gasteiger charge is 2.44. The summed E-state index contributed by atoms with van der Waals surface area (Å²) in [5.74, 6) is 0.643. The molecule has 1 N–H and O–H groups in total. The van der Waals surface area contributed by atoms with Crippen LogP contribution in [0, 0.1) is 0 Å². The van der Waals surface area contributed by atoms with Gasteiger partial charge in [0.1, 0.15) is 5.75 Å². The number of β-amino-alcohol motifs (C(OH)–C–C–N with tert-alkyl or cyclic N) is 1. The van der Waals surface area contributed by atoms with Gasteiger partial charge in [0.15, 0.2) is 0 Å². The van der Waals surface area contributed by atoms with E-state index in [0.717, 1.165) is 0 Å². The van der Waals surface area contributed by atoms with Gasteiger partial charge in [-0.15, -0.1) is 0 Å². The van der Waals surface area contributed by atoms with Crippen LogP contribution < -0.4 is 4.74 Å². The van der Waals surface area contributed by atoms with Crippen LogP contribution in [0.25, 0.3) is 0 Å². The lowest BCUT2D eigenvalue weighted by Gasteiger charge is -2.30. The molecule has 0 amide bonds. The van der Waals surface area contributed by atoms with Crippen molar-refractivity contribution in [2.75, 3.05) is 6.54 Å². The second kappa shape index (κ2) is 5.59. The first-order chi connectivity index (χ1) is 9.63. The minimum atomic E-state index is -3.61. The number of ether oxygens (including phenoxy) is 1. The van der Waals surface area contributed by atoms with Crippen molar-refractivity contribution >= 4 is 10.0 Å². The number of hydrogen-bond acceptors (Lipinski definition) is 4. The highest BCUT2D eigenvalue weighted by molar-refractivity contribution is 7.89. The molecule has 0 bridgehead atoms. The largest absolute Gasteiger partial charge is 0.491 e. The van der Waals surface area contributed by atoms with Crippen molar-refractivity contribution in [1.82, 2.24) is 4.31 Å². The summed E-state index contributed by atoms with van der Waals surface area (Å²) in [4.78, 5) is 0.223. The normalized spacial score (nSPS) is 22.7. The van der Waals surface area contributed by atoms with E-state index in [1.165, 1.54) is 4.31 Å². The van der Waals surface area contributed by atoms with Crippen LogP contribution in [0.1, 0.15) is 34.1 Å². The SMILES string of the molecule is CC(C)Oc1ccc(S(=O)(=O)N2C[C@@H](O)CC2(C)C)cc1. The van der Waals surface area contributed by atoms with E-state index in [2.05, 4.69) is 0 Å². The van der Waals surface area contributed by atoms with E-state index in [1.54, 1.807) is 24.3 Å². The van der Waals surface area contributed by atoms with E-state index in [0.29, 0.717) is 12.2 Å². The lowest BCUT2D eigenvalue weighted by atomic mass is 10.0. The Kier molecular flexibility index (Phi) is 4.33. The number of sulfonamides is 1. The molecule has 21 heavy (non-hydrogen) atoms. The average Bonchev–Trinajstić information content (AvgIpc) is 2.63. The van der Waals surface area contributed by atoms with Crippen molar-refractivity contribution in [2.24, 2.45) is 0 Å². The van der Waals surface area contributed by atoms with Crippen LogP contribution in [0.3, 0.4) is 0 Å². The molecule has 1 fully saturated rings. The standard InChI is InChI=1S/C15H23NO4S/c1-11(2)20-13-5-7-14(8-6-13)21(18,19)16-10-12(17)9-15(16,3)4/h5-8,11-12,17H,9-10H2,1-4H3/t12-/m0/s1. The minimum Gasteiger partial charge on any atom is -0.491 e. The first kappa shape index (κ1) is 16.3. The van der Waals surface area contributed by atoms with Crippen LogP contribution in [0.15, 0.2) is 29.2 Å². The molecule has 5 nitrogen and oxygen atoms in total. The summed E-state index contributed by atoms with van der Waals surface area (Å²) >= 11 is 0. The third-order valence-electron chi connectivity index (χ3n) is 3.57. The lowest BCUT2D eigenvalue weighted by molar-refractivity contribution is 0.187. The molecule has 1 aromatic carbocycles. The Labute approximate surface area is 126 Å². The maximum Gasteiger partial charge on any atom is 0.243 e. The van der Waals surface area contributed by atoms with E-state index in [9.17, 15) is 13.5 Å². The first-order valence-corrected chi connectivity index (χ1v) is 8.54. The van der Waals surface area contributed by atoms with Crippen LogP contribution >= 0.6 is 0 Å². The lowest BCUT2D eigenvalue weighted by Crippen LogP contribution is -2.42. The number of aliphatic hydroxyl groups is 1. The average molecular weight is 313 g/mol. The third kappa shape index (κ3) is 3.39. The topological polar surface area (TPSA) is 66.8 Å². The molecule has 1 aliphatic rings. The van der Waals surface area contributed by atoms with Crippen molar-refractivity contribution in [1.29, 1.82) is 0 Å². The molecule has 2 rings (SSSR count). The van der Waals surface area contributed by atoms with Gasteiger partial charge in [0.2, 0.25) is 10.0 Å². The van der Waals surface area contributed by atoms with Gasteiger partial charge in [-0.25, -0.2) is 8.42 Å². The van der Waals surface area contributed by atoms with E-state index in [1.807, 2.05) is 27.7 Å². The van der Waals surface area contributed by atoms with Gasteiger partial charge >= 0.3 is 0 Å². The van der Waals surface area contributed by atoms with Crippen molar-refractivity contribution in [3.8, 4) is 5.75 Å². The van der Waals surface area contributed by atoms with Crippen LogP contribution in [-0.4, -0.2) is 42.1 Å². The molecule has 0 saturated carbocycles. The highest BCUT2D eigenvalue weighted by Crippen LogP contribution is 2.34. The van der Waals surface area contributed by atoms with Crippen LogP contribution in [-0.2, 0) is 10.0 Å². The van der Waals surface area contributed by atoms with Gasteiger partial charge < -0.3 is 9.84 Å². The van der Waals surface area contributed by atoms with Gasteiger partial charge in [0.05, 0.1) is 17.1 Å². The molecule has 1 atom stereocenters. The van der Waals surface area contributed by atoms with E-state index in [4.69, 9.17) is 4.74 Å². The molecular weight excluding hydrogens is 290 g/mol. The second-order valence-electron chi connectivity index (χ2n) is 6.34. The van der Waals surface area contributed by atoms with Gasteiger partial charge in [-0.3, -0.25) is 0 Å². The first-order valence-electron chi connectivity index (χ1n) is 7.10. The summed E-state index contributed by atoms with van der Waals surface area (Å²) in [5.41, 5.74) is -0.578. The Morgan fingerprint density at radius 2 is 1.86 bits per heavy atom. The predicted octanol–water partition coefficient (Wildman–Crippen LogP) is 2.01. The van der Waals surface area contributed by atoms with E-state index < -0.39 is 21.7 Å². The molecule has 0 spiro atoms. The van der Waals surface area contributed by atoms with Crippen LogP contribution in [0.2, 0.25) is 0 Å². The molecule has 1 aromatic rings. The Balaban J connectivity index is 2.28. The predicted molar refractivity (Wildman–Crippen MR) is 80.8 cm³/mol. The summed E-state index contributed by atoms with van der Waals surface area (Å²) in [6.07, 6.45) is -0.126. The second-order valence-corrected chi connectivity index (χ2v) is 8.21. The number of benzene rings is 1. The van der Waals surface area contributed by atoms with Gasteiger partial charge in [-0.1, -0.05) is 0 Å². The molecule has 1 aliphatic heterocycles. The van der Waals surface area contributed by atoms with E-state index >= 15 is 0 Å². The number of nitrogens with zero attached hydrogens (tertiary/aromatic N) is 1. The zero-order valence-electron chi connectivity index (χ0n) is 12.9. The fraction of sp³-hybridized carbons (Fsp3) is 0.600. The summed E-state index contributed by atoms with van der Waals surface area (Å²) in [7, 11) is -3.61. The summed E-state index contributed by atoms with van der Waals surface area (Å²) < 4.78 is 32.3. The molecule has 0 aromatic heterocycles. The quantitative estimate of drug-likeness (QED) is 0.923. The summed E-state index contributed by atoms with van der Waals surface area (Å²) in [6.45, 7) is 7.63. The zero-order valence-corrected chi connectivity index (χ0v) is 13.7. The maximum atomic E-state index is 12.7. The monoisotopic (exact) mass is 313 g/mol. The minimum absolute atomic E-state index is 0.0418. The van der Waals surface area contributed by atoms with Crippen molar-refractivity contribution in [2.45, 2.75) is 56.8 Å². The highest BCUT2D eigenvalue weighted by atomic mass is 32.2.